The highest BCUT2D eigenvalue weighted by molar-refractivity contribution is 7.86. The van der Waals surface area contributed by atoms with Crippen molar-refractivity contribution >= 4 is 27.6 Å². The molecule has 0 bridgehead atoms. The first-order valence-electron chi connectivity index (χ1n) is 7.64. The molecular formula is C15H21ClN2O4S. The average Bonchev–Trinajstić information content (AvgIpc) is 2.51. The lowest BCUT2D eigenvalue weighted by molar-refractivity contribution is 0.0896. The third kappa shape index (κ3) is 5.16. The molecule has 0 saturated heterocycles. The number of nitrogens with one attached hydrogen (secondary N) is 1. The number of hydrogen-bond donors (Lipinski definition) is 1. The van der Waals surface area contributed by atoms with Gasteiger partial charge in [-0.25, -0.2) is 0 Å². The maximum Gasteiger partial charge on any atom is 0.267 e. The Balaban J connectivity index is 1.89. The summed E-state index contributed by atoms with van der Waals surface area (Å²) in [5.74, 6) is -0.229. The minimum atomic E-state index is -3.42. The number of amides is 1. The molecule has 23 heavy (non-hydrogen) atoms. The molecule has 2 rings (SSSR count). The third-order valence-corrected chi connectivity index (χ3v) is 5.42. The zero-order valence-electron chi connectivity index (χ0n) is 13.2. The van der Waals surface area contributed by atoms with E-state index in [2.05, 4.69) is 10.3 Å². The zero-order chi connectivity index (χ0) is 17.0. The number of nitrogens with zero attached hydrogens (tertiary/aromatic N) is 1. The van der Waals surface area contributed by atoms with E-state index >= 15 is 0 Å². The van der Waals surface area contributed by atoms with E-state index < -0.39 is 10.1 Å². The highest BCUT2D eigenvalue weighted by Gasteiger charge is 2.26. The van der Waals surface area contributed by atoms with Gasteiger partial charge in [-0.15, -0.1) is 0 Å². The number of pyridine rings is 1. The lowest BCUT2D eigenvalue weighted by Gasteiger charge is -2.28. The predicted octanol–water partition coefficient (Wildman–Crippen LogP) is 2.45. The molecule has 1 heterocycles. The first-order valence-corrected chi connectivity index (χ1v) is 9.60. The predicted molar refractivity (Wildman–Crippen MR) is 88.0 cm³/mol. The van der Waals surface area contributed by atoms with E-state index in [1.165, 1.54) is 6.20 Å². The van der Waals surface area contributed by atoms with Gasteiger partial charge in [0.25, 0.3) is 16.0 Å². The summed E-state index contributed by atoms with van der Waals surface area (Å²) >= 11 is 5.88. The minimum Gasteiger partial charge on any atom is -0.349 e. The third-order valence-electron chi connectivity index (χ3n) is 3.94. The van der Waals surface area contributed by atoms with Gasteiger partial charge in [0.1, 0.15) is 0 Å². The molecule has 8 heteroatoms. The van der Waals surface area contributed by atoms with Crippen LogP contribution in [0, 0.1) is 6.92 Å². The Kier molecular flexibility index (Phi) is 6.00. The minimum absolute atomic E-state index is 0.00469. The van der Waals surface area contributed by atoms with Crippen molar-refractivity contribution in [3.8, 4) is 0 Å². The molecular weight excluding hydrogens is 340 g/mol. The van der Waals surface area contributed by atoms with Crippen LogP contribution < -0.4 is 5.32 Å². The molecule has 1 amide bonds. The Morgan fingerprint density at radius 1 is 1.39 bits per heavy atom. The van der Waals surface area contributed by atoms with Gasteiger partial charge in [-0.3, -0.25) is 14.0 Å². The van der Waals surface area contributed by atoms with Gasteiger partial charge in [0, 0.05) is 12.2 Å². The molecule has 1 fully saturated rings. The Labute approximate surface area is 141 Å². The summed E-state index contributed by atoms with van der Waals surface area (Å²) < 4.78 is 28.1. The smallest absolute Gasteiger partial charge is 0.267 e. The lowest BCUT2D eigenvalue weighted by Crippen LogP contribution is -2.39. The van der Waals surface area contributed by atoms with Crippen LogP contribution in [0.25, 0.3) is 0 Å². The average molecular weight is 361 g/mol. The standard InChI is InChI=1S/C15H21ClN2O4S/c1-3-23(20,21)22-13-6-4-12(5-7-13)18-15(19)14-8-11(16)9-17-10(14)2/h8-9,12-13H,3-7H2,1-2H3,(H,18,19)/t12-,13-. The van der Waals surface area contributed by atoms with Gasteiger partial charge in [0.2, 0.25) is 0 Å². The second kappa shape index (κ2) is 7.59. The molecule has 6 nitrogen and oxygen atoms in total. The van der Waals surface area contributed by atoms with Gasteiger partial charge in [0.15, 0.2) is 0 Å². The fourth-order valence-corrected chi connectivity index (χ4v) is 3.48. The molecule has 0 radical (unpaired) electrons. The first kappa shape index (κ1) is 18.2. The van der Waals surface area contributed by atoms with Crippen LogP contribution in [-0.4, -0.2) is 37.2 Å². The Bertz CT molecular complexity index is 670. The van der Waals surface area contributed by atoms with Gasteiger partial charge in [-0.2, -0.15) is 8.42 Å². The number of carbonyl (C=O) groups excluding carboxylic acids is 1. The summed E-state index contributed by atoms with van der Waals surface area (Å²) in [4.78, 5) is 16.4. The normalized spacial score (nSPS) is 21.9. The Hall–Kier alpha value is -1.18. The Morgan fingerprint density at radius 2 is 2.04 bits per heavy atom. The maximum atomic E-state index is 12.3. The topological polar surface area (TPSA) is 85.4 Å². The monoisotopic (exact) mass is 360 g/mol. The van der Waals surface area contributed by atoms with Crippen molar-refractivity contribution in [2.45, 2.75) is 51.7 Å². The fraction of sp³-hybridized carbons (Fsp3) is 0.600. The number of aromatic nitrogens is 1. The van der Waals surface area contributed by atoms with Crippen molar-refractivity contribution in [2.75, 3.05) is 5.75 Å². The van der Waals surface area contributed by atoms with Crippen molar-refractivity contribution in [3.63, 3.8) is 0 Å². The summed E-state index contributed by atoms with van der Waals surface area (Å²) in [7, 11) is -3.42. The van der Waals surface area contributed by atoms with Crippen molar-refractivity contribution in [3.05, 3.63) is 28.5 Å². The molecule has 0 unspecified atom stereocenters. The van der Waals surface area contributed by atoms with Crippen molar-refractivity contribution in [1.82, 2.24) is 10.3 Å². The summed E-state index contributed by atoms with van der Waals surface area (Å²) in [5, 5.41) is 3.38. The molecule has 1 aliphatic carbocycles. The van der Waals surface area contributed by atoms with Gasteiger partial charge in [-0.1, -0.05) is 11.6 Å². The summed E-state index contributed by atoms with van der Waals surface area (Å²) in [6.07, 6.45) is 3.80. The second-order valence-corrected chi connectivity index (χ2v) is 8.00. The summed E-state index contributed by atoms with van der Waals surface area (Å²) in [6.45, 7) is 3.31. The molecule has 1 saturated carbocycles. The molecule has 1 N–H and O–H groups in total. The lowest BCUT2D eigenvalue weighted by atomic mass is 9.93. The SMILES string of the molecule is CCS(=O)(=O)O[C@H]1CC[C@H](NC(=O)c2cc(Cl)cnc2C)CC1. The maximum absolute atomic E-state index is 12.3. The summed E-state index contributed by atoms with van der Waals surface area (Å²) in [6, 6.07) is 1.60. The molecule has 0 atom stereocenters. The highest BCUT2D eigenvalue weighted by atomic mass is 35.5. The quantitative estimate of drug-likeness (QED) is 0.815. The number of carbonyl (C=O) groups is 1. The van der Waals surface area contributed by atoms with E-state index in [4.69, 9.17) is 15.8 Å². The van der Waals surface area contributed by atoms with Crippen LogP contribution in [0.1, 0.15) is 48.7 Å². The van der Waals surface area contributed by atoms with Crippen LogP contribution in [0.15, 0.2) is 12.3 Å². The second-order valence-electron chi connectivity index (χ2n) is 5.68. The molecule has 1 aromatic heterocycles. The van der Waals surface area contributed by atoms with Crippen LogP contribution >= 0.6 is 11.6 Å². The van der Waals surface area contributed by atoms with Crippen molar-refractivity contribution in [2.24, 2.45) is 0 Å². The van der Waals surface area contributed by atoms with Gasteiger partial charge < -0.3 is 5.32 Å². The van der Waals surface area contributed by atoms with Crippen molar-refractivity contribution in [1.29, 1.82) is 0 Å². The molecule has 0 spiro atoms. The van der Waals surface area contributed by atoms with E-state index in [0.717, 1.165) is 0 Å². The molecule has 0 aromatic carbocycles. The zero-order valence-corrected chi connectivity index (χ0v) is 14.8. The van der Waals surface area contributed by atoms with E-state index in [0.29, 0.717) is 42.0 Å². The van der Waals surface area contributed by atoms with E-state index in [1.54, 1.807) is 19.9 Å². The van der Waals surface area contributed by atoms with Crippen molar-refractivity contribution < 1.29 is 17.4 Å². The number of rotatable bonds is 5. The Morgan fingerprint density at radius 3 is 2.65 bits per heavy atom. The van der Waals surface area contributed by atoms with Crippen LogP contribution in [-0.2, 0) is 14.3 Å². The molecule has 0 aliphatic heterocycles. The largest absolute Gasteiger partial charge is 0.349 e. The number of halogens is 1. The number of aryl methyl sites for hydroxylation is 1. The van der Waals surface area contributed by atoms with Gasteiger partial charge in [0.05, 0.1) is 28.1 Å². The molecule has 128 valence electrons. The van der Waals surface area contributed by atoms with Gasteiger partial charge in [-0.05, 0) is 45.6 Å². The fourth-order valence-electron chi connectivity index (χ4n) is 2.58. The van der Waals surface area contributed by atoms with E-state index in [-0.39, 0.29) is 23.8 Å². The van der Waals surface area contributed by atoms with E-state index in [1.807, 2.05) is 0 Å². The van der Waals surface area contributed by atoms with Crippen LogP contribution in [0.4, 0.5) is 0 Å². The summed E-state index contributed by atoms with van der Waals surface area (Å²) in [5.41, 5.74) is 1.09. The van der Waals surface area contributed by atoms with E-state index in [9.17, 15) is 13.2 Å². The van der Waals surface area contributed by atoms with Crippen LogP contribution in [0.2, 0.25) is 5.02 Å². The highest BCUT2D eigenvalue weighted by Crippen LogP contribution is 2.23. The van der Waals surface area contributed by atoms with Crippen LogP contribution in [0.3, 0.4) is 0 Å². The molecule has 1 aromatic rings. The van der Waals surface area contributed by atoms with Gasteiger partial charge >= 0.3 is 0 Å². The van der Waals surface area contributed by atoms with Crippen LogP contribution in [0.5, 0.6) is 0 Å². The number of hydrogen-bond acceptors (Lipinski definition) is 5. The molecule has 1 aliphatic rings. The first-order chi connectivity index (χ1) is 10.8.